The summed E-state index contributed by atoms with van der Waals surface area (Å²) >= 11 is 6.00. The summed E-state index contributed by atoms with van der Waals surface area (Å²) in [7, 11) is 0. The maximum absolute atomic E-state index is 13.5. The third-order valence-electron chi connectivity index (χ3n) is 4.82. The molecule has 0 spiro atoms. The zero-order valence-corrected chi connectivity index (χ0v) is 19.0. The lowest BCUT2D eigenvalue weighted by molar-refractivity contribution is -0.0500. The first-order valence-electron chi connectivity index (χ1n) is 9.97. The summed E-state index contributed by atoms with van der Waals surface area (Å²) in [6.07, 6.45) is 0.757. The van der Waals surface area contributed by atoms with Gasteiger partial charge in [-0.05, 0) is 63.6 Å². The Bertz CT molecular complexity index is 1400. The van der Waals surface area contributed by atoms with Crippen LogP contribution in [-0.2, 0) is 4.74 Å². The summed E-state index contributed by atoms with van der Waals surface area (Å²) < 4.78 is 37.7. The van der Waals surface area contributed by atoms with Gasteiger partial charge in [0.2, 0.25) is 5.78 Å². The number of carbonyl (C=O) groups is 2. The van der Waals surface area contributed by atoms with Gasteiger partial charge in [0.05, 0.1) is 22.1 Å². The van der Waals surface area contributed by atoms with Crippen molar-refractivity contribution in [3.05, 3.63) is 58.5 Å². The van der Waals surface area contributed by atoms with E-state index in [-0.39, 0.29) is 22.5 Å². The van der Waals surface area contributed by atoms with Crippen molar-refractivity contribution in [2.45, 2.75) is 39.9 Å². The summed E-state index contributed by atoms with van der Waals surface area (Å²) in [5.74, 6) is -1.08. The lowest BCUT2D eigenvalue weighted by atomic mass is 10.0. The summed E-state index contributed by atoms with van der Waals surface area (Å²) in [4.78, 5) is 33.3. The van der Waals surface area contributed by atoms with E-state index in [1.807, 2.05) is 0 Å². The monoisotopic (exact) mass is 475 g/mol. The van der Waals surface area contributed by atoms with Gasteiger partial charge < -0.3 is 14.5 Å². The number of hydrogen-bond donors (Lipinski definition) is 1. The summed E-state index contributed by atoms with van der Waals surface area (Å²) in [6.45, 7) is 3.64. The minimum Gasteiger partial charge on any atom is -0.443 e. The normalized spacial score (nSPS) is 12.0. The Labute approximate surface area is 192 Å². The van der Waals surface area contributed by atoms with Gasteiger partial charge in [-0.3, -0.25) is 9.36 Å². The van der Waals surface area contributed by atoms with Gasteiger partial charge in [-0.15, -0.1) is 0 Å². The van der Waals surface area contributed by atoms with E-state index in [2.05, 4.69) is 14.7 Å². The van der Waals surface area contributed by atoms with Crippen LogP contribution < -0.4 is 4.74 Å². The molecule has 0 atom stereocenters. The van der Waals surface area contributed by atoms with E-state index in [0.717, 1.165) is 0 Å². The molecule has 10 heteroatoms. The van der Waals surface area contributed by atoms with Crippen molar-refractivity contribution < 1.29 is 27.8 Å². The molecule has 0 fully saturated rings. The highest BCUT2D eigenvalue weighted by Crippen LogP contribution is 2.35. The van der Waals surface area contributed by atoms with Gasteiger partial charge in [-0.1, -0.05) is 11.6 Å². The number of alkyl halides is 2. The van der Waals surface area contributed by atoms with E-state index in [1.54, 1.807) is 45.9 Å². The highest BCUT2D eigenvalue weighted by atomic mass is 35.5. The average molecular weight is 476 g/mol. The summed E-state index contributed by atoms with van der Waals surface area (Å²) in [6, 6.07) is 7.63. The molecule has 2 aromatic heterocycles. The fourth-order valence-electron chi connectivity index (χ4n) is 3.60. The number of halogens is 3. The van der Waals surface area contributed by atoms with E-state index in [1.165, 1.54) is 22.9 Å². The van der Waals surface area contributed by atoms with Crippen LogP contribution in [-0.4, -0.2) is 38.6 Å². The van der Waals surface area contributed by atoms with Crippen LogP contribution >= 0.6 is 11.6 Å². The van der Waals surface area contributed by atoms with Gasteiger partial charge in [0.15, 0.2) is 5.82 Å². The zero-order valence-electron chi connectivity index (χ0n) is 18.2. The minimum absolute atomic E-state index is 0.0819. The third kappa shape index (κ3) is 4.41. The Balaban J connectivity index is 1.91. The number of aryl methyl sites for hydroxylation is 1. The number of imidazole rings is 1. The Kier molecular flexibility index (Phi) is 5.61. The van der Waals surface area contributed by atoms with Gasteiger partial charge in [-0.25, -0.2) is 9.78 Å². The molecular formula is C23H20ClF2N3O4. The van der Waals surface area contributed by atoms with Crippen LogP contribution in [0.1, 0.15) is 42.5 Å². The molecule has 0 unspecified atom stereocenters. The highest BCUT2D eigenvalue weighted by molar-refractivity contribution is 6.31. The molecule has 2 aromatic carbocycles. The van der Waals surface area contributed by atoms with Crippen molar-refractivity contribution in [1.82, 2.24) is 14.5 Å². The lowest BCUT2D eigenvalue weighted by Gasteiger charge is -2.20. The Morgan fingerprint density at radius 3 is 2.58 bits per heavy atom. The van der Waals surface area contributed by atoms with Crippen LogP contribution in [0.5, 0.6) is 5.75 Å². The molecule has 172 valence electrons. The molecule has 0 amide bonds. The molecule has 7 nitrogen and oxygen atoms in total. The van der Waals surface area contributed by atoms with Gasteiger partial charge in [0, 0.05) is 16.6 Å². The molecule has 0 aliphatic heterocycles. The first-order valence-corrected chi connectivity index (χ1v) is 10.3. The second kappa shape index (κ2) is 8.15. The molecule has 0 radical (unpaired) electrons. The van der Waals surface area contributed by atoms with Gasteiger partial charge in [-0.2, -0.15) is 8.78 Å². The molecule has 33 heavy (non-hydrogen) atoms. The van der Waals surface area contributed by atoms with E-state index in [0.29, 0.717) is 27.1 Å². The van der Waals surface area contributed by atoms with Crippen LogP contribution in [0.2, 0.25) is 5.02 Å². The number of benzene rings is 2. The third-order valence-corrected chi connectivity index (χ3v) is 5.05. The second-order valence-corrected chi connectivity index (χ2v) is 8.89. The number of carbonyl (C=O) groups excluding carboxylic acids is 2. The van der Waals surface area contributed by atoms with Crippen LogP contribution in [0.3, 0.4) is 0 Å². The van der Waals surface area contributed by atoms with Gasteiger partial charge in [0.25, 0.3) is 0 Å². The molecule has 0 aliphatic carbocycles. The van der Waals surface area contributed by atoms with Crippen molar-refractivity contribution in [3.63, 3.8) is 0 Å². The number of ketones is 1. The molecule has 0 aliphatic rings. The van der Waals surface area contributed by atoms with Crippen molar-refractivity contribution in [3.8, 4) is 5.75 Å². The maximum atomic E-state index is 13.5. The number of ether oxygens (including phenoxy) is 2. The molecule has 0 saturated heterocycles. The topological polar surface area (TPSA) is 86.2 Å². The number of nitrogens with one attached hydrogen (secondary N) is 1. The standard InChI is InChI=1S/C23H20ClF2N3O4/c1-11-9-16(32-21(25)26)17(13-7-8-29(18(11)13)22(31)33-23(2,3)4)19(30)20-27-14-6-5-12(24)10-15(14)28-20/h5-10,21H,1-4H3,(H,27,28). The number of rotatable bonds is 4. The van der Waals surface area contributed by atoms with Gasteiger partial charge in [0.1, 0.15) is 11.4 Å². The predicted octanol–water partition coefficient (Wildman–Crippen LogP) is 6.10. The summed E-state index contributed by atoms with van der Waals surface area (Å²) in [5.41, 5.74) is 0.876. The van der Waals surface area contributed by atoms with Crippen LogP contribution in [0, 0.1) is 6.92 Å². The largest absolute Gasteiger partial charge is 0.443 e. The smallest absolute Gasteiger partial charge is 0.419 e. The van der Waals surface area contributed by atoms with Crippen molar-refractivity contribution in [2.24, 2.45) is 0 Å². The van der Waals surface area contributed by atoms with Crippen molar-refractivity contribution in [1.29, 1.82) is 0 Å². The number of aromatic nitrogens is 3. The number of aromatic amines is 1. The first kappa shape index (κ1) is 22.7. The average Bonchev–Trinajstić information content (AvgIpc) is 3.30. The second-order valence-electron chi connectivity index (χ2n) is 8.45. The maximum Gasteiger partial charge on any atom is 0.419 e. The van der Waals surface area contributed by atoms with Gasteiger partial charge >= 0.3 is 12.7 Å². The van der Waals surface area contributed by atoms with Crippen LogP contribution in [0.15, 0.2) is 36.5 Å². The van der Waals surface area contributed by atoms with E-state index in [9.17, 15) is 18.4 Å². The number of H-pyrrole nitrogens is 1. The number of nitrogens with zero attached hydrogens (tertiary/aromatic N) is 2. The predicted molar refractivity (Wildman–Crippen MR) is 119 cm³/mol. The molecular weight excluding hydrogens is 456 g/mol. The summed E-state index contributed by atoms with van der Waals surface area (Å²) in [5, 5.41) is 0.694. The number of fused-ring (bicyclic) bond motifs is 2. The quantitative estimate of drug-likeness (QED) is 0.361. The highest BCUT2D eigenvalue weighted by Gasteiger charge is 2.28. The van der Waals surface area contributed by atoms with Crippen LogP contribution in [0.4, 0.5) is 13.6 Å². The molecule has 2 heterocycles. The van der Waals surface area contributed by atoms with Crippen LogP contribution in [0.25, 0.3) is 21.9 Å². The molecule has 4 rings (SSSR count). The Hall–Kier alpha value is -3.46. The number of hydrogen-bond acceptors (Lipinski definition) is 5. The van der Waals surface area contributed by atoms with Crippen molar-refractivity contribution in [2.75, 3.05) is 0 Å². The van der Waals surface area contributed by atoms with E-state index >= 15 is 0 Å². The van der Waals surface area contributed by atoms with E-state index in [4.69, 9.17) is 16.3 Å². The first-order chi connectivity index (χ1) is 15.4. The zero-order chi connectivity index (χ0) is 24.1. The lowest BCUT2D eigenvalue weighted by Crippen LogP contribution is -2.26. The Morgan fingerprint density at radius 1 is 1.18 bits per heavy atom. The minimum atomic E-state index is -3.16. The molecule has 4 aromatic rings. The molecule has 0 saturated carbocycles. The van der Waals surface area contributed by atoms with Crippen molar-refractivity contribution >= 4 is 45.4 Å². The Morgan fingerprint density at radius 2 is 1.91 bits per heavy atom. The fourth-order valence-corrected chi connectivity index (χ4v) is 3.77. The van der Waals surface area contributed by atoms with E-state index < -0.39 is 24.1 Å². The SMILES string of the molecule is Cc1cc(OC(F)F)c(C(=O)c2nc3ccc(Cl)cc3[nH]2)c2ccn(C(=O)OC(C)(C)C)c12. The fraction of sp³-hybridized carbons (Fsp3) is 0.261. The molecule has 1 N–H and O–H groups in total. The molecule has 0 bridgehead atoms.